The van der Waals surface area contributed by atoms with E-state index in [1.165, 1.54) is 11.3 Å². The van der Waals surface area contributed by atoms with Crippen LogP contribution in [0.25, 0.3) is 11.3 Å². The Labute approximate surface area is 215 Å². The van der Waals surface area contributed by atoms with Crippen molar-refractivity contribution in [3.8, 4) is 11.3 Å². The average molecular weight is 506 g/mol. The predicted molar refractivity (Wildman–Crippen MR) is 142 cm³/mol. The smallest absolute Gasteiger partial charge is 0.263 e. The molecule has 9 nitrogen and oxygen atoms in total. The molecule has 0 bridgehead atoms. The van der Waals surface area contributed by atoms with Crippen molar-refractivity contribution in [2.24, 2.45) is 0 Å². The minimum Gasteiger partial charge on any atom is -0.383 e. The summed E-state index contributed by atoms with van der Waals surface area (Å²) in [5.74, 6) is 0.385. The number of hydrogen-bond donors (Lipinski definition) is 2. The lowest BCUT2D eigenvalue weighted by Gasteiger charge is -2.13. The number of aromatic nitrogens is 5. The van der Waals surface area contributed by atoms with E-state index in [0.29, 0.717) is 30.5 Å². The molecule has 0 saturated heterocycles. The molecular formula is C26H31N7O2S. The van der Waals surface area contributed by atoms with Crippen molar-refractivity contribution >= 4 is 28.9 Å². The normalized spacial score (nSPS) is 11.5. The summed E-state index contributed by atoms with van der Waals surface area (Å²) in [5, 5.41) is 11.5. The summed E-state index contributed by atoms with van der Waals surface area (Å²) in [6.07, 6.45) is 7.00. The van der Waals surface area contributed by atoms with Gasteiger partial charge < -0.3 is 15.4 Å². The Kier molecular flexibility index (Phi) is 7.76. The lowest BCUT2D eigenvalue weighted by atomic mass is 9.98. The van der Waals surface area contributed by atoms with Crippen LogP contribution in [-0.4, -0.2) is 44.4 Å². The third-order valence-corrected chi connectivity index (χ3v) is 6.94. The minimum absolute atomic E-state index is 0.0714. The van der Waals surface area contributed by atoms with Crippen molar-refractivity contribution in [3.05, 3.63) is 70.1 Å². The van der Waals surface area contributed by atoms with E-state index in [0.717, 1.165) is 33.1 Å². The topological polar surface area (TPSA) is 107 Å². The van der Waals surface area contributed by atoms with Crippen LogP contribution in [-0.2, 0) is 23.2 Å². The largest absolute Gasteiger partial charge is 0.383 e. The Morgan fingerprint density at radius 1 is 1.17 bits per heavy atom. The molecule has 0 saturated carbocycles. The lowest BCUT2D eigenvalue weighted by molar-refractivity contribution is 0.0954. The maximum absolute atomic E-state index is 12.6. The van der Waals surface area contributed by atoms with E-state index in [1.54, 1.807) is 30.4 Å². The molecule has 36 heavy (non-hydrogen) atoms. The van der Waals surface area contributed by atoms with Crippen LogP contribution in [0, 0.1) is 6.92 Å². The van der Waals surface area contributed by atoms with Crippen LogP contribution < -0.4 is 10.6 Å². The van der Waals surface area contributed by atoms with E-state index in [1.807, 2.05) is 31.3 Å². The number of aryl methyl sites for hydroxylation is 1. The summed E-state index contributed by atoms with van der Waals surface area (Å²) < 4.78 is 6.89. The van der Waals surface area contributed by atoms with Crippen molar-refractivity contribution in [2.75, 3.05) is 19.0 Å². The van der Waals surface area contributed by atoms with Gasteiger partial charge in [-0.25, -0.2) is 15.0 Å². The van der Waals surface area contributed by atoms with E-state index in [4.69, 9.17) is 4.74 Å². The Morgan fingerprint density at radius 2 is 2.00 bits per heavy atom. The first-order valence-corrected chi connectivity index (χ1v) is 12.5. The third kappa shape index (κ3) is 6.32. The van der Waals surface area contributed by atoms with Gasteiger partial charge in [-0.2, -0.15) is 5.10 Å². The molecule has 0 aliphatic heterocycles. The second-order valence-corrected chi connectivity index (χ2v) is 10.5. The van der Waals surface area contributed by atoms with Crippen LogP contribution in [0.3, 0.4) is 0 Å². The summed E-state index contributed by atoms with van der Waals surface area (Å²) in [6.45, 7) is 10.0. The molecule has 3 aromatic heterocycles. The van der Waals surface area contributed by atoms with Gasteiger partial charge in [0.05, 0.1) is 41.9 Å². The van der Waals surface area contributed by atoms with E-state index >= 15 is 0 Å². The molecule has 0 unspecified atom stereocenters. The number of anilines is 2. The number of amides is 1. The summed E-state index contributed by atoms with van der Waals surface area (Å²) in [6, 6.07) is 7.97. The molecule has 1 amide bonds. The second kappa shape index (κ2) is 11.0. The zero-order valence-corrected chi connectivity index (χ0v) is 22.0. The number of rotatable bonds is 9. The molecule has 188 valence electrons. The fraction of sp³-hybridized carbons (Fsp3) is 0.346. The summed E-state index contributed by atoms with van der Waals surface area (Å²) in [7, 11) is 1.66. The molecule has 0 radical (unpaired) electrons. The maximum atomic E-state index is 12.6. The second-order valence-electron chi connectivity index (χ2n) is 9.48. The Morgan fingerprint density at radius 3 is 2.72 bits per heavy atom. The number of hydrogen-bond acceptors (Lipinski definition) is 8. The average Bonchev–Trinajstić information content (AvgIpc) is 3.52. The molecular weight excluding hydrogens is 474 g/mol. The van der Waals surface area contributed by atoms with Gasteiger partial charge in [0.15, 0.2) is 0 Å². The SMILES string of the molecule is COCCn1cc(Nc2nccc(-c3ccc(CNC(=O)c4cnc(C(C)(C)C)s4)c(C)c3)n2)cn1. The molecule has 0 fully saturated rings. The summed E-state index contributed by atoms with van der Waals surface area (Å²) in [4.78, 5) is 26.6. The van der Waals surface area contributed by atoms with Gasteiger partial charge >= 0.3 is 0 Å². The van der Waals surface area contributed by atoms with Crippen LogP contribution in [0.15, 0.2) is 49.1 Å². The van der Waals surface area contributed by atoms with Gasteiger partial charge in [-0.15, -0.1) is 11.3 Å². The Bertz CT molecular complexity index is 1340. The van der Waals surface area contributed by atoms with Crippen LogP contribution in [0.1, 0.15) is 46.6 Å². The van der Waals surface area contributed by atoms with E-state index in [9.17, 15) is 4.79 Å². The minimum atomic E-state index is -0.108. The number of thiazole rings is 1. The number of carbonyl (C=O) groups excluding carboxylic acids is 1. The van der Waals surface area contributed by atoms with Gasteiger partial charge in [0, 0.05) is 37.0 Å². The van der Waals surface area contributed by atoms with Gasteiger partial charge in [-0.1, -0.05) is 32.9 Å². The Hall–Kier alpha value is -3.63. The fourth-order valence-corrected chi connectivity index (χ4v) is 4.38. The standard InChI is InChI=1S/C26H31N7O2S/c1-17-12-18(6-7-19(17)13-28-23(34)22-15-29-24(36-22)26(2,3)4)21-8-9-27-25(32-21)31-20-14-30-33(16-20)10-11-35-5/h6-9,12,14-16H,10-11,13H2,1-5H3,(H,28,34)(H,27,31,32). The van der Waals surface area contributed by atoms with E-state index < -0.39 is 0 Å². The molecule has 10 heteroatoms. The van der Waals surface area contributed by atoms with Crippen molar-refractivity contribution in [2.45, 2.75) is 46.2 Å². The van der Waals surface area contributed by atoms with Gasteiger partial charge in [0.1, 0.15) is 4.88 Å². The highest BCUT2D eigenvalue weighted by atomic mass is 32.1. The van der Waals surface area contributed by atoms with Gasteiger partial charge in [-0.05, 0) is 30.2 Å². The number of nitrogens with one attached hydrogen (secondary N) is 2. The molecule has 0 spiro atoms. The fourth-order valence-electron chi connectivity index (χ4n) is 3.49. The molecule has 1 aromatic carbocycles. The number of nitrogens with zero attached hydrogens (tertiary/aromatic N) is 5. The summed E-state index contributed by atoms with van der Waals surface area (Å²) >= 11 is 1.44. The molecule has 0 aliphatic carbocycles. The van der Waals surface area contributed by atoms with Gasteiger partial charge in [-0.3, -0.25) is 9.48 Å². The van der Waals surface area contributed by atoms with Crippen LogP contribution in [0.5, 0.6) is 0 Å². The maximum Gasteiger partial charge on any atom is 0.263 e. The molecule has 4 aromatic rings. The number of benzene rings is 1. The van der Waals surface area contributed by atoms with Crippen molar-refractivity contribution in [1.29, 1.82) is 0 Å². The first-order chi connectivity index (χ1) is 17.2. The number of carbonyl (C=O) groups is 1. The zero-order valence-electron chi connectivity index (χ0n) is 21.2. The first-order valence-electron chi connectivity index (χ1n) is 11.7. The molecule has 2 N–H and O–H groups in total. The van der Waals surface area contributed by atoms with Crippen molar-refractivity contribution < 1.29 is 9.53 Å². The first kappa shape index (κ1) is 25.5. The highest BCUT2D eigenvalue weighted by Gasteiger charge is 2.20. The quantitative estimate of drug-likeness (QED) is 0.339. The van der Waals surface area contributed by atoms with Crippen LogP contribution in [0.2, 0.25) is 0 Å². The zero-order chi connectivity index (χ0) is 25.7. The number of ether oxygens (including phenoxy) is 1. The monoisotopic (exact) mass is 505 g/mol. The third-order valence-electron chi connectivity index (χ3n) is 5.52. The van der Waals surface area contributed by atoms with Crippen molar-refractivity contribution in [1.82, 2.24) is 30.0 Å². The molecule has 3 heterocycles. The highest BCUT2D eigenvalue weighted by molar-refractivity contribution is 7.13. The van der Waals surface area contributed by atoms with Crippen molar-refractivity contribution in [3.63, 3.8) is 0 Å². The van der Waals surface area contributed by atoms with Crippen LogP contribution in [0.4, 0.5) is 11.6 Å². The van der Waals surface area contributed by atoms with Crippen LogP contribution >= 0.6 is 11.3 Å². The van der Waals surface area contributed by atoms with Gasteiger partial charge in [0.25, 0.3) is 5.91 Å². The van der Waals surface area contributed by atoms with Gasteiger partial charge in [0.2, 0.25) is 5.95 Å². The number of methoxy groups -OCH3 is 1. The molecule has 0 aliphatic rings. The molecule has 0 atom stereocenters. The summed E-state index contributed by atoms with van der Waals surface area (Å²) in [5.41, 5.74) is 4.63. The lowest BCUT2D eigenvalue weighted by Crippen LogP contribution is -2.22. The van der Waals surface area contributed by atoms with E-state index in [-0.39, 0.29) is 11.3 Å². The Balaban J connectivity index is 1.40. The highest BCUT2D eigenvalue weighted by Crippen LogP contribution is 2.27. The molecule has 4 rings (SSSR count). The predicted octanol–water partition coefficient (Wildman–Crippen LogP) is 4.72. The van der Waals surface area contributed by atoms with E-state index in [2.05, 4.69) is 57.5 Å².